The molecule has 8 heteroatoms. The molecule has 41 heavy (non-hydrogen) atoms. The van der Waals surface area contributed by atoms with E-state index in [0.717, 1.165) is 11.1 Å². The maximum Gasteiger partial charge on any atom is 0.322 e. The maximum absolute atomic E-state index is 14.0. The van der Waals surface area contributed by atoms with E-state index in [9.17, 15) is 23.7 Å². The van der Waals surface area contributed by atoms with Crippen LogP contribution in [0.1, 0.15) is 65.8 Å². The molecule has 3 unspecified atom stereocenters. The molecule has 0 aliphatic rings. The molecule has 0 bridgehead atoms. The second-order valence-electron chi connectivity index (χ2n) is 9.99. The lowest BCUT2D eigenvalue weighted by atomic mass is 9.84. The molecule has 3 atom stereocenters. The summed E-state index contributed by atoms with van der Waals surface area (Å²) in [5.41, 5.74) is 3.17. The molecule has 0 amide bonds. The van der Waals surface area contributed by atoms with E-state index in [2.05, 4.69) is 4.74 Å². The number of esters is 1. The van der Waals surface area contributed by atoms with Gasteiger partial charge >= 0.3 is 5.97 Å². The topological polar surface area (TPSA) is 96.7 Å². The minimum absolute atomic E-state index is 0.245. The van der Waals surface area contributed by atoms with Gasteiger partial charge in [-0.15, -0.1) is 0 Å². The van der Waals surface area contributed by atoms with Crippen molar-refractivity contribution in [2.24, 2.45) is 0 Å². The Bertz CT molecular complexity index is 1510. The second-order valence-corrected chi connectivity index (χ2v) is 11.3. The van der Waals surface area contributed by atoms with Gasteiger partial charge in [-0.05, 0) is 51.9 Å². The molecule has 4 rings (SSSR count). The minimum Gasteiger partial charge on any atom is -0.391 e. The van der Waals surface area contributed by atoms with Gasteiger partial charge in [-0.3, -0.25) is 14.3 Å². The van der Waals surface area contributed by atoms with Gasteiger partial charge in [-0.2, -0.15) is 0 Å². The van der Waals surface area contributed by atoms with Crippen molar-refractivity contribution in [2.75, 3.05) is 0 Å². The van der Waals surface area contributed by atoms with Crippen molar-refractivity contribution < 1.29 is 28.5 Å². The van der Waals surface area contributed by atoms with E-state index < -0.39 is 38.0 Å². The third-order valence-electron chi connectivity index (χ3n) is 6.88. The summed E-state index contributed by atoms with van der Waals surface area (Å²) in [4.78, 5) is 27.7. The molecule has 0 aliphatic carbocycles. The number of aromatic nitrogens is 1. The van der Waals surface area contributed by atoms with Crippen molar-refractivity contribution >= 4 is 14.0 Å². The van der Waals surface area contributed by atoms with Crippen molar-refractivity contribution in [1.82, 2.24) is 4.98 Å². The van der Waals surface area contributed by atoms with Gasteiger partial charge in [0.1, 0.15) is 11.9 Å². The number of aliphatic hydroxyl groups excluding tert-OH is 1. The number of nitrogens with zero attached hydrogens (tertiary/aromatic N) is 1. The minimum atomic E-state index is -3.49. The number of hydrogen-bond donors (Lipinski definition) is 2. The summed E-state index contributed by atoms with van der Waals surface area (Å²) in [7, 11) is -3.49. The van der Waals surface area contributed by atoms with E-state index >= 15 is 0 Å². The van der Waals surface area contributed by atoms with Crippen LogP contribution in [0.5, 0.6) is 0 Å². The number of carbonyl (C=O) groups is 1. The molecular formula is C33H31FNO5P. The largest absolute Gasteiger partial charge is 0.391 e. The zero-order valence-electron chi connectivity index (χ0n) is 22.7. The summed E-state index contributed by atoms with van der Waals surface area (Å²) in [6.45, 7) is 3.80. The number of benzene rings is 3. The summed E-state index contributed by atoms with van der Waals surface area (Å²) >= 11 is 0. The highest BCUT2D eigenvalue weighted by atomic mass is 31.1. The van der Waals surface area contributed by atoms with Crippen LogP contribution in [0.25, 0.3) is 11.1 Å². The van der Waals surface area contributed by atoms with Crippen molar-refractivity contribution in [1.29, 1.82) is 0 Å². The smallest absolute Gasteiger partial charge is 0.322 e. The van der Waals surface area contributed by atoms with Crippen molar-refractivity contribution in [2.45, 2.75) is 43.9 Å². The van der Waals surface area contributed by atoms with Crippen LogP contribution in [-0.4, -0.2) is 27.1 Å². The zero-order chi connectivity index (χ0) is 29.5. The second kappa shape index (κ2) is 13.5. The van der Waals surface area contributed by atoms with E-state index in [0.29, 0.717) is 28.1 Å². The van der Waals surface area contributed by atoms with Gasteiger partial charge in [0.05, 0.1) is 29.8 Å². The first kappa shape index (κ1) is 29.9. The average molecular weight is 572 g/mol. The molecule has 0 aliphatic heterocycles. The summed E-state index contributed by atoms with van der Waals surface area (Å²) in [6.07, 6.45) is 4.63. The lowest BCUT2D eigenvalue weighted by Gasteiger charge is -2.28. The third-order valence-corrected chi connectivity index (χ3v) is 8.09. The molecule has 210 valence electrons. The molecule has 4 aromatic rings. The number of terminal acetylenes is 1. The van der Waals surface area contributed by atoms with Crippen LogP contribution in [0.15, 0.2) is 91.0 Å². The molecule has 0 radical (unpaired) electrons. The van der Waals surface area contributed by atoms with Crippen LogP contribution in [0.4, 0.5) is 4.39 Å². The average Bonchev–Trinajstić information content (AvgIpc) is 2.95. The highest BCUT2D eigenvalue weighted by Gasteiger charge is 2.35. The van der Waals surface area contributed by atoms with E-state index in [1.807, 2.05) is 80.6 Å². The van der Waals surface area contributed by atoms with Gasteiger partial charge in [0.2, 0.25) is 0 Å². The number of hydrogen-bond acceptors (Lipinski definition) is 5. The Labute approximate surface area is 239 Å². The van der Waals surface area contributed by atoms with Crippen LogP contribution < -0.4 is 0 Å². The van der Waals surface area contributed by atoms with Crippen molar-refractivity contribution in [3.63, 3.8) is 0 Å². The standard InChI is InChI=1S/C33H31FNO5P/c1-4-40-29(37)20-28(36)33(41(38)39)31-26(22-15-17-25(34)18-16-22)19-27(35-32(31)21(2)3)30(23-11-7-5-8-12-23)24-13-9-6-10-14-24/h1,5-19,21,28,30,33,36,41H,20H2,2-3H3,(H,38,39). The van der Waals surface area contributed by atoms with E-state index in [4.69, 9.17) is 11.4 Å². The van der Waals surface area contributed by atoms with Crippen molar-refractivity contribution in [3.05, 3.63) is 125 Å². The number of rotatable bonds is 10. The molecule has 3 aromatic carbocycles. The molecule has 1 aromatic heterocycles. The number of aliphatic hydroxyl groups is 1. The molecule has 1 heterocycles. The molecule has 0 fully saturated rings. The van der Waals surface area contributed by atoms with Crippen LogP contribution in [0.3, 0.4) is 0 Å². The number of ether oxygens (including phenoxy) is 1. The molecule has 0 spiro atoms. The zero-order valence-corrected chi connectivity index (χ0v) is 23.7. The van der Waals surface area contributed by atoms with Crippen LogP contribution in [-0.2, 0) is 14.1 Å². The Morgan fingerprint density at radius 1 is 1.00 bits per heavy atom. The first-order valence-corrected chi connectivity index (χ1v) is 14.6. The molecule has 0 saturated carbocycles. The van der Waals surface area contributed by atoms with E-state index in [1.54, 1.807) is 18.2 Å². The quantitative estimate of drug-likeness (QED) is 0.127. The molecule has 6 nitrogen and oxygen atoms in total. The van der Waals surface area contributed by atoms with E-state index in [1.165, 1.54) is 12.1 Å². The van der Waals surface area contributed by atoms with Gasteiger partial charge < -0.3 is 14.7 Å². The number of carbonyl (C=O) groups excluding carboxylic acids is 1. The van der Waals surface area contributed by atoms with Crippen LogP contribution >= 0.6 is 8.03 Å². The summed E-state index contributed by atoms with van der Waals surface area (Å²) in [6, 6.07) is 27.3. The van der Waals surface area contributed by atoms with Crippen LogP contribution in [0, 0.1) is 18.3 Å². The Morgan fingerprint density at radius 3 is 2.05 bits per heavy atom. The summed E-state index contributed by atoms with van der Waals surface area (Å²) < 4.78 is 31.4. The lowest BCUT2D eigenvalue weighted by Crippen LogP contribution is -2.23. The predicted molar refractivity (Wildman–Crippen MR) is 157 cm³/mol. The molecular weight excluding hydrogens is 540 g/mol. The maximum atomic E-state index is 14.0. The fourth-order valence-corrected chi connectivity index (χ4v) is 6.08. The van der Waals surface area contributed by atoms with Crippen molar-refractivity contribution in [3.8, 4) is 23.7 Å². The van der Waals surface area contributed by atoms with Gasteiger partial charge in [0, 0.05) is 5.69 Å². The Kier molecular flexibility index (Phi) is 9.86. The Morgan fingerprint density at radius 2 is 1.56 bits per heavy atom. The summed E-state index contributed by atoms with van der Waals surface area (Å²) in [5.74, 6) is -1.88. The SMILES string of the molecule is C#COC(=O)CC(O)C(c1c(-c2ccc(F)cc2)cc(C(c2ccccc2)c2ccccc2)nc1C(C)C)[PH](=O)O. The van der Waals surface area contributed by atoms with Gasteiger partial charge in [-0.25, -0.2) is 4.39 Å². The van der Waals surface area contributed by atoms with E-state index in [-0.39, 0.29) is 11.8 Å². The highest BCUT2D eigenvalue weighted by molar-refractivity contribution is 7.38. The third kappa shape index (κ3) is 6.99. The predicted octanol–water partition coefficient (Wildman–Crippen LogP) is 6.58. The fraction of sp³-hybridized carbons (Fsp3) is 0.212. The normalized spacial score (nSPS) is 13.4. The number of halogens is 1. The Balaban J connectivity index is 2.03. The Hall–Kier alpha value is -4.08. The van der Waals surface area contributed by atoms with Crippen LogP contribution in [0.2, 0.25) is 0 Å². The highest BCUT2D eigenvalue weighted by Crippen LogP contribution is 2.49. The monoisotopic (exact) mass is 571 g/mol. The van der Waals surface area contributed by atoms with Gasteiger partial charge in [-0.1, -0.05) is 93.1 Å². The molecule has 0 saturated heterocycles. The molecule has 2 N–H and O–H groups in total. The van der Waals surface area contributed by atoms with Gasteiger partial charge in [0.15, 0.2) is 8.03 Å². The summed E-state index contributed by atoms with van der Waals surface area (Å²) in [5, 5.41) is 11.1. The fourth-order valence-electron chi connectivity index (χ4n) is 5.08. The lowest BCUT2D eigenvalue weighted by molar-refractivity contribution is -0.139. The van der Waals surface area contributed by atoms with Gasteiger partial charge in [0.25, 0.3) is 0 Å². The first-order valence-electron chi connectivity index (χ1n) is 13.2. The first-order chi connectivity index (χ1) is 19.7. The number of pyridine rings is 1.